The molecule has 1 aromatic rings. The molecular formula is C11H14FNO. The molecule has 0 spiro atoms. The molecule has 0 aliphatic heterocycles. The average Bonchev–Trinajstić information content (AvgIpc) is 2.11. The number of benzene rings is 1. The highest BCUT2D eigenvalue weighted by Crippen LogP contribution is 2.29. The van der Waals surface area contributed by atoms with E-state index in [9.17, 15) is 9.50 Å². The summed E-state index contributed by atoms with van der Waals surface area (Å²) in [6.07, 6.45) is 2.15. The van der Waals surface area contributed by atoms with Crippen LogP contribution < -0.4 is 5.73 Å². The fraction of sp³-hybridized carbons (Fsp3) is 0.273. The number of aryl methyl sites for hydroxylation is 1. The molecule has 0 unspecified atom stereocenters. The van der Waals surface area contributed by atoms with Crippen molar-refractivity contribution in [3.8, 4) is 5.75 Å². The Bertz CT molecular complexity index is 349. The zero-order chi connectivity index (χ0) is 10.7. The van der Waals surface area contributed by atoms with Gasteiger partial charge in [-0.1, -0.05) is 6.08 Å². The number of hydrogen-bond acceptors (Lipinski definition) is 2. The van der Waals surface area contributed by atoms with Crippen LogP contribution in [-0.4, -0.2) is 5.11 Å². The lowest BCUT2D eigenvalue weighted by Crippen LogP contribution is -2.10. The summed E-state index contributed by atoms with van der Waals surface area (Å²) >= 11 is 0. The normalized spacial score (nSPS) is 12.5. The molecule has 0 radical (unpaired) electrons. The van der Waals surface area contributed by atoms with Crippen LogP contribution in [0.15, 0.2) is 24.8 Å². The Morgan fingerprint density at radius 3 is 2.86 bits per heavy atom. The van der Waals surface area contributed by atoms with Gasteiger partial charge in [-0.25, -0.2) is 4.39 Å². The lowest BCUT2D eigenvalue weighted by Gasteiger charge is -2.13. The van der Waals surface area contributed by atoms with Crippen molar-refractivity contribution in [3.63, 3.8) is 0 Å². The van der Waals surface area contributed by atoms with Crippen LogP contribution in [0.2, 0.25) is 0 Å². The minimum absolute atomic E-state index is 0.0701. The number of rotatable bonds is 3. The van der Waals surface area contributed by atoms with Crippen molar-refractivity contribution < 1.29 is 9.50 Å². The number of hydrogen-bond donors (Lipinski definition) is 2. The summed E-state index contributed by atoms with van der Waals surface area (Å²) in [7, 11) is 0. The SMILES string of the molecule is C=CC[C@H](N)c1cc(F)cc(C)c1O. The second-order valence-electron chi connectivity index (χ2n) is 3.29. The maximum Gasteiger partial charge on any atom is 0.124 e. The zero-order valence-electron chi connectivity index (χ0n) is 8.13. The fourth-order valence-electron chi connectivity index (χ4n) is 1.35. The van der Waals surface area contributed by atoms with Gasteiger partial charge in [-0.2, -0.15) is 0 Å². The molecule has 0 fully saturated rings. The van der Waals surface area contributed by atoms with E-state index in [1.54, 1.807) is 13.0 Å². The first-order valence-electron chi connectivity index (χ1n) is 4.41. The molecule has 3 N–H and O–H groups in total. The minimum Gasteiger partial charge on any atom is -0.507 e. The maximum atomic E-state index is 13.0. The number of phenolic OH excluding ortho intramolecular Hbond substituents is 1. The van der Waals surface area contributed by atoms with Crippen molar-refractivity contribution in [2.75, 3.05) is 0 Å². The largest absolute Gasteiger partial charge is 0.507 e. The predicted molar refractivity (Wildman–Crippen MR) is 54.5 cm³/mol. The zero-order valence-corrected chi connectivity index (χ0v) is 8.13. The molecule has 0 amide bonds. The van der Waals surface area contributed by atoms with E-state index in [-0.39, 0.29) is 11.6 Å². The van der Waals surface area contributed by atoms with Crippen molar-refractivity contribution in [1.29, 1.82) is 0 Å². The molecule has 0 bridgehead atoms. The Labute approximate surface area is 82.9 Å². The molecule has 0 aromatic heterocycles. The third-order valence-electron chi connectivity index (χ3n) is 2.11. The molecule has 1 atom stereocenters. The van der Waals surface area contributed by atoms with Crippen LogP contribution in [0.5, 0.6) is 5.75 Å². The monoisotopic (exact) mass is 195 g/mol. The summed E-state index contributed by atoms with van der Waals surface area (Å²) in [5, 5.41) is 9.64. The predicted octanol–water partition coefficient (Wildman–Crippen LogP) is 2.42. The minimum atomic E-state index is -0.401. The maximum absolute atomic E-state index is 13.0. The van der Waals surface area contributed by atoms with Gasteiger partial charge in [-0.05, 0) is 31.0 Å². The van der Waals surface area contributed by atoms with E-state index in [4.69, 9.17) is 5.73 Å². The topological polar surface area (TPSA) is 46.2 Å². The molecule has 1 rings (SSSR count). The van der Waals surface area contributed by atoms with Gasteiger partial charge < -0.3 is 10.8 Å². The fourth-order valence-corrected chi connectivity index (χ4v) is 1.35. The van der Waals surface area contributed by atoms with Crippen LogP contribution in [-0.2, 0) is 0 Å². The van der Waals surface area contributed by atoms with Crippen molar-refractivity contribution in [1.82, 2.24) is 0 Å². The van der Waals surface area contributed by atoms with Crippen LogP contribution in [0, 0.1) is 12.7 Å². The van der Waals surface area contributed by atoms with Crippen LogP contribution >= 0.6 is 0 Å². The van der Waals surface area contributed by atoms with Crippen molar-refractivity contribution in [3.05, 3.63) is 41.7 Å². The van der Waals surface area contributed by atoms with Crippen LogP contribution in [0.4, 0.5) is 4.39 Å². The molecule has 0 heterocycles. The highest BCUT2D eigenvalue weighted by molar-refractivity contribution is 5.41. The van der Waals surface area contributed by atoms with Gasteiger partial charge in [0.05, 0.1) is 0 Å². The molecule has 0 saturated heterocycles. The quantitative estimate of drug-likeness (QED) is 0.727. The second-order valence-corrected chi connectivity index (χ2v) is 3.29. The number of halogens is 1. The molecule has 14 heavy (non-hydrogen) atoms. The highest BCUT2D eigenvalue weighted by atomic mass is 19.1. The van der Waals surface area contributed by atoms with Gasteiger partial charge in [-0.3, -0.25) is 0 Å². The molecule has 3 heteroatoms. The lowest BCUT2D eigenvalue weighted by molar-refractivity contribution is 0.454. The Morgan fingerprint density at radius 1 is 1.64 bits per heavy atom. The number of phenols is 1. The van der Waals surface area contributed by atoms with E-state index < -0.39 is 6.04 Å². The summed E-state index contributed by atoms with van der Waals surface area (Å²) in [5.41, 5.74) is 6.68. The van der Waals surface area contributed by atoms with Gasteiger partial charge in [0.15, 0.2) is 0 Å². The van der Waals surface area contributed by atoms with Crippen molar-refractivity contribution >= 4 is 0 Å². The van der Waals surface area contributed by atoms with Crippen LogP contribution in [0.25, 0.3) is 0 Å². The number of aromatic hydroxyl groups is 1. The smallest absolute Gasteiger partial charge is 0.124 e. The van der Waals surface area contributed by atoms with Gasteiger partial charge in [0.25, 0.3) is 0 Å². The second kappa shape index (κ2) is 4.24. The van der Waals surface area contributed by atoms with Crippen molar-refractivity contribution in [2.24, 2.45) is 5.73 Å². The molecule has 0 aliphatic carbocycles. The highest BCUT2D eigenvalue weighted by Gasteiger charge is 2.12. The summed E-state index contributed by atoms with van der Waals surface area (Å²) in [4.78, 5) is 0. The van der Waals surface area contributed by atoms with E-state index >= 15 is 0 Å². The Kier molecular flexibility index (Phi) is 3.25. The first kappa shape index (κ1) is 10.7. The van der Waals surface area contributed by atoms with Gasteiger partial charge in [0.2, 0.25) is 0 Å². The first-order valence-corrected chi connectivity index (χ1v) is 4.41. The summed E-state index contributed by atoms with van der Waals surface area (Å²) < 4.78 is 13.0. The molecular weight excluding hydrogens is 181 g/mol. The molecule has 0 saturated carbocycles. The van der Waals surface area contributed by atoms with Gasteiger partial charge in [-0.15, -0.1) is 6.58 Å². The Hall–Kier alpha value is -1.35. The van der Waals surface area contributed by atoms with E-state index in [1.807, 2.05) is 0 Å². The van der Waals surface area contributed by atoms with E-state index in [1.165, 1.54) is 12.1 Å². The third-order valence-corrected chi connectivity index (χ3v) is 2.11. The molecule has 0 aliphatic rings. The lowest BCUT2D eigenvalue weighted by atomic mass is 10.0. The van der Waals surface area contributed by atoms with E-state index in [2.05, 4.69) is 6.58 Å². The Morgan fingerprint density at radius 2 is 2.29 bits per heavy atom. The first-order chi connectivity index (χ1) is 6.56. The third kappa shape index (κ3) is 2.12. The van der Waals surface area contributed by atoms with Crippen LogP contribution in [0.3, 0.4) is 0 Å². The summed E-state index contributed by atoms with van der Waals surface area (Å²) in [5.74, 6) is -0.310. The molecule has 76 valence electrons. The summed E-state index contributed by atoms with van der Waals surface area (Å²) in [6.45, 7) is 5.19. The average molecular weight is 195 g/mol. The standard InChI is InChI=1S/C11H14FNO/c1-3-4-10(13)9-6-8(12)5-7(2)11(9)14/h3,5-6,10,14H,1,4,13H2,2H3/t10-/m0/s1. The van der Waals surface area contributed by atoms with Gasteiger partial charge in [0, 0.05) is 11.6 Å². The van der Waals surface area contributed by atoms with Gasteiger partial charge in [0.1, 0.15) is 11.6 Å². The van der Waals surface area contributed by atoms with E-state index in [0.29, 0.717) is 17.5 Å². The number of nitrogens with two attached hydrogens (primary N) is 1. The molecule has 1 aromatic carbocycles. The van der Waals surface area contributed by atoms with Crippen LogP contribution in [0.1, 0.15) is 23.6 Å². The molecule has 2 nitrogen and oxygen atoms in total. The van der Waals surface area contributed by atoms with E-state index in [0.717, 1.165) is 0 Å². The Balaban J connectivity index is 3.12. The van der Waals surface area contributed by atoms with Crippen molar-refractivity contribution in [2.45, 2.75) is 19.4 Å². The summed E-state index contributed by atoms with van der Waals surface area (Å²) in [6, 6.07) is 2.14. The van der Waals surface area contributed by atoms with Gasteiger partial charge >= 0.3 is 0 Å².